The molecule has 4 rings (SSSR count). The Morgan fingerprint density at radius 1 is 1.23 bits per heavy atom. The van der Waals surface area contributed by atoms with Gasteiger partial charge < -0.3 is 14.0 Å². The molecule has 0 aliphatic heterocycles. The van der Waals surface area contributed by atoms with Crippen LogP contribution < -0.4 is 10.3 Å². The Balaban J connectivity index is 1.51. The van der Waals surface area contributed by atoms with Gasteiger partial charge in [-0.25, -0.2) is 14.5 Å². The first kappa shape index (κ1) is 19.4. The second kappa shape index (κ2) is 8.60. The molecule has 154 valence electrons. The van der Waals surface area contributed by atoms with Gasteiger partial charge in [0.05, 0.1) is 31.3 Å². The van der Waals surface area contributed by atoms with Gasteiger partial charge in [0.15, 0.2) is 11.2 Å². The molecule has 10 heteroatoms. The Hall–Kier alpha value is -3.95. The van der Waals surface area contributed by atoms with E-state index in [-0.39, 0.29) is 29.2 Å². The van der Waals surface area contributed by atoms with E-state index < -0.39 is 5.97 Å². The number of benzene rings is 1. The van der Waals surface area contributed by atoms with Gasteiger partial charge in [0.1, 0.15) is 5.75 Å². The van der Waals surface area contributed by atoms with Gasteiger partial charge in [0.25, 0.3) is 5.56 Å². The fourth-order valence-corrected chi connectivity index (χ4v) is 2.91. The standard InChI is InChI=1S/C20H20N6O4/c1-2-29-19(28)14-11-22-26(12-14)20-23-17-16(18(27)24-20)21-13-25(17)9-6-10-30-15-7-4-3-5-8-15/h3-5,7-8,11-13H,2,6,9-10H2,1H3,(H,23,24,27). The van der Waals surface area contributed by atoms with E-state index in [9.17, 15) is 9.59 Å². The van der Waals surface area contributed by atoms with Gasteiger partial charge >= 0.3 is 5.97 Å². The fourth-order valence-electron chi connectivity index (χ4n) is 2.91. The van der Waals surface area contributed by atoms with Crippen LogP contribution in [0.1, 0.15) is 23.7 Å². The molecule has 1 aromatic carbocycles. The van der Waals surface area contributed by atoms with E-state index >= 15 is 0 Å². The molecule has 10 nitrogen and oxygen atoms in total. The number of aromatic nitrogens is 6. The van der Waals surface area contributed by atoms with Crippen molar-refractivity contribution in [2.24, 2.45) is 0 Å². The average molecular weight is 408 g/mol. The Kier molecular flexibility index (Phi) is 5.55. The lowest BCUT2D eigenvalue weighted by atomic mass is 10.3. The van der Waals surface area contributed by atoms with Crippen molar-refractivity contribution < 1.29 is 14.3 Å². The average Bonchev–Trinajstić information content (AvgIpc) is 3.40. The number of aromatic amines is 1. The predicted octanol–water partition coefficient (Wildman–Crippen LogP) is 1.95. The molecule has 0 fully saturated rings. The number of para-hydroxylation sites is 1. The molecule has 4 aromatic rings. The SMILES string of the molecule is CCOC(=O)c1cnn(-c2nc3c(ncn3CCCOc3ccccc3)c(=O)[nH]2)c1. The number of esters is 1. The summed E-state index contributed by atoms with van der Waals surface area (Å²) in [6, 6.07) is 9.56. The second-order valence-electron chi connectivity index (χ2n) is 6.41. The number of nitrogens with zero attached hydrogens (tertiary/aromatic N) is 5. The van der Waals surface area contributed by atoms with Gasteiger partial charge in [-0.3, -0.25) is 9.78 Å². The molecular formula is C20H20N6O4. The Morgan fingerprint density at radius 2 is 2.07 bits per heavy atom. The predicted molar refractivity (Wildman–Crippen MR) is 108 cm³/mol. The normalized spacial score (nSPS) is 11.0. The highest BCUT2D eigenvalue weighted by Gasteiger charge is 2.14. The topological polar surface area (TPSA) is 117 Å². The van der Waals surface area contributed by atoms with E-state index in [1.54, 1.807) is 17.8 Å². The number of nitrogens with one attached hydrogen (secondary N) is 1. The molecule has 0 radical (unpaired) electrons. The largest absolute Gasteiger partial charge is 0.494 e. The maximum atomic E-state index is 12.4. The smallest absolute Gasteiger partial charge is 0.341 e. The molecule has 0 bridgehead atoms. The quantitative estimate of drug-likeness (QED) is 0.350. The summed E-state index contributed by atoms with van der Waals surface area (Å²) in [5.41, 5.74) is 0.552. The van der Waals surface area contributed by atoms with Crippen molar-refractivity contribution in [3.63, 3.8) is 0 Å². The maximum Gasteiger partial charge on any atom is 0.341 e. The van der Waals surface area contributed by atoms with Gasteiger partial charge in [0, 0.05) is 12.7 Å². The maximum absolute atomic E-state index is 12.4. The molecule has 0 aliphatic carbocycles. The molecule has 0 amide bonds. The highest BCUT2D eigenvalue weighted by Crippen LogP contribution is 2.11. The van der Waals surface area contributed by atoms with Crippen LogP contribution >= 0.6 is 0 Å². The van der Waals surface area contributed by atoms with Crippen molar-refractivity contribution in [3.8, 4) is 11.7 Å². The van der Waals surface area contributed by atoms with Crippen molar-refractivity contribution in [1.29, 1.82) is 0 Å². The van der Waals surface area contributed by atoms with Crippen LogP contribution in [0.4, 0.5) is 0 Å². The number of carbonyl (C=O) groups excluding carboxylic acids is 1. The zero-order chi connectivity index (χ0) is 20.9. The molecular weight excluding hydrogens is 388 g/mol. The number of rotatable bonds is 8. The van der Waals surface area contributed by atoms with Crippen LogP contribution in [0.2, 0.25) is 0 Å². The van der Waals surface area contributed by atoms with Gasteiger partial charge in [-0.2, -0.15) is 10.1 Å². The summed E-state index contributed by atoms with van der Waals surface area (Å²) in [6.07, 6.45) is 5.10. The van der Waals surface area contributed by atoms with E-state index in [0.717, 1.165) is 5.75 Å². The number of imidazole rings is 1. The van der Waals surface area contributed by atoms with E-state index in [2.05, 4.69) is 20.1 Å². The molecule has 1 N–H and O–H groups in total. The van der Waals surface area contributed by atoms with Crippen LogP contribution in [-0.4, -0.2) is 48.5 Å². The zero-order valence-corrected chi connectivity index (χ0v) is 16.3. The molecule has 0 atom stereocenters. The van der Waals surface area contributed by atoms with Crippen molar-refractivity contribution in [2.75, 3.05) is 13.2 Å². The lowest BCUT2D eigenvalue weighted by molar-refractivity contribution is 0.0526. The molecule has 0 aliphatic rings. The second-order valence-corrected chi connectivity index (χ2v) is 6.41. The van der Waals surface area contributed by atoms with Crippen LogP contribution in [-0.2, 0) is 11.3 Å². The summed E-state index contributed by atoms with van der Waals surface area (Å²) in [6.45, 7) is 3.08. The van der Waals surface area contributed by atoms with E-state index in [1.165, 1.54) is 17.1 Å². The number of hydrogen-bond acceptors (Lipinski definition) is 7. The first-order valence-electron chi connectivity index (χ1n) is 9.51. The third-order valence-corrected chi connectivity index (χ3v) is 4.33. The number of aryl methyl sites for hydroxylation is 1. The summed E-state index contributed by atoms with van der Waals surface area (Å²) >= 11 is 0. The molecule has 0 unspecified atom stereocenters. The van der Waals surface area contributed by atoms with Crippen molar-refractivity contribution in [3.05, 3.63) is 65.0 Å². The van der Waals surface area contributed by atoms with Crippen LogP contribution in [0.25, 0.3) is 17.1 Å². The lowest BCUT2D eigenvalue weighted by Crippen LogP contribution is -2.15. The highest BCUT2D eigenvalue weighted by atomic mass is 16.5. The third-order valence-electron chi connectivity index (χ3n) is 4.33. The van der Waals surface area contributed by atoms with Crippen LogP contribution in [0, 0.1) is 0 Å². The lowest BCUT2D eigenvalue weighted by Gasteiger charge is -2.07. The summed E-state index contributed by atoms with van der Waals surface area (Å²) in [5.74, 6) is 0.502. The number of H-pyrrole nitrogens is 1. The summed E-state index contributed by atoms with van der Waals surface area (Å²) in [7, 11) is 0. The molecule has 0 saturated heterocycles. The van der Waals surface area contributed by atoms with Gasteiger partial charge in [-0.15, -0.1) is 0 Å². The first-order valence-corrected chi connectivity index (χ1v) is 9.51. The van der Waals surface area contributed by atoms with Crippen molar-refractivity contribution in [2.45, 2.75) is 19.9 Å². The summed E-state index contributed by atoms with van der Waals surface area (Å²) in [4.78, 5) is 35.5. The summed E-state index contributed by atoms with van der Waals surface area (Å²) < 4.78 is 13.8. The molecule has 0 spiro atoms. The monoisotopic (exact) mass is 408 g/mol. The number of fused-ring (bicyclic) bond motifs is 1. The minimum absolute atomic E-state index is 0.185. The molecule has 3 aromatic heterocycles. The van der Waals surface area contributed by atoms with Crippen molar-refractivity contribution in [1.82, 2.24) is 29.3 Å². The van der Waals surface area contributed by atoms with Crippen LogP contribution in [0.5, 0.6) is 5.75 Å². The minimum Gasteiger partial charge on any atom is -0.494 e. The third kappa shape index (κ3) is 4.07. The van der Waals surface area contributed by atoms with Crippen molar-refractivity contribution >= 4 is 17.1 Å². The Bertz CT molecular complexity index is 1210. The van der Waals surface area contributed by atoms with Gasteiger partial charge in [-0.05, 0) is 25.5 Å². The minimum atomic E-state index is -0.490. The zero-order valence-electron chi connectivity index (χ0n) is 16.3. The van der Waals surface area contributed by atoms with Crippen LogP contribution in [0.15, 0.2) is 53.8 Å². The number of hydrogen-bond donors (Lipinski definition) is 1. The van der Waals surface area contributed by atoms with E-state index in [4.69, 9.17) is 9.47 Å². The highest BCUT2D eigenvalue weighted by molar-refractivity contribution is 5.88. The van der Waals surface area contributed by atoms with E-state index in [0.29, 0.717) is 25.2 Å². The number of ether oxygens (including phenoxy) is 2. The van der Waals surface area contributed by atoms with Gasteiger partial charge in [-0.1, -0.05) is 18.2 Å². The fraction of sp³-hybridized carbons (Fsp3) is 0.250. The van der Waals surface area contributed by atoms with Crippen LogP contribution in [0.3, 0.4) is 0 Å². The summed E-state index contributed by atoms with van der Waals surface area (Å²) in [5, 5.41) is 4.09. The molecule has 3 heterocycles. The van der Waals surface area contributed by atoms with Gasteiger partial charge in [0.2, 0.25) is 5.95 Å². The molecule has 0 saturated carbocycles. The Morgan fingerprint density at radius 3 is 2.87 bits per heavy atom. The number of carbonyl (C=O) groups is 1. The van der Waals surface area contributed by atoms with E-state index in [1.807, 2.05) is 30.3 Å². The Labute approximate surface area is 171 Å². The molecule has 30 heavy (non-hydrogen) atoms. The first-order chi connectivity index (χ1) is 14.7.